The van der Waals surface area contributed by atoms with E-state index in [0.29, 0.717) is 18.7 Å². The van der Waals surface area contributed by atoms with Crippen molar-refractivity contribution in [2.24, 2.45) is 5.92 Å². The standard InChI is InChI=1S/C17H20N4O3/c1-11-3-5-14(6-4-11)21-12(2)15(18-19-21)9-16(22)20-8-7-13(10-20)17(23)24/h3-6,13H,7-10H2,1-2H3,(H,23,24)/t13-/m0/s1. The van der Waals surface area contributed by atoms with Gasteiger partial charge >= 0.3 is 5.97 Å². The van der Waals surface area contributed by atoms with Gasteiger partial charge in [-0.3, -0.25) is 9.59 Å². The molecular formula is C17H20N4O3. The van der Waals surface area contributed by atoms with Crippen LogP contribution in [0.1, 0.15) is 23.4 Å². The summed E-state index contributed by atoms with van der Waals surface area (Å²) < 4.78 is 1.71. The van der Waals surface area contributed by atoms with Gasteiger partial charge in [0.25, 0.3) is 0 Å². The maximum absolute atomic E-state index is 12.4. The molecule has 126 valence electrons. The molecule has 1 saturated heterocycles. The lowest BCUT2D eigenvalue weighted by molar-refractivity contribution is -0.141. The van der Waals surface area contributed by atoms with E-state index in [1.165, 1.54) is 0 Å². The number of hydrogen-bond acceptors (Lipinski definition) is 4. The number of benzene rings is 1. The number of likely N-dealkylation sites (tertiary alicyclic amines) is 1. The second-order valence-corrected chi connectivity index (χ2v) is 6.21. The van der Waals surface area contributed by atoms with E-state index in [-0.39, 0.29) is 18.9 Å². The van der Waals surface area contributed by atoms with Gasteiger partial charge in [0.1, 0.15) is 0 Å². The van der Waals surface area contributed by atoms with Crippen molar-refractivity contribution in [1.82, 2.24) is 19.9 Å². The molecule has 1 aliphatic rings. The van der Waals surface area contributed by atoms with E-state index in [0.717, 1.165) is 16.9 Å². The first kappa shape index (κ1) is 16.2. The van der Waals surface area contributed by atoms with Crippen LogP contribution in [-0.4, -0.2) is 50.0 Å². The number of carboxylic acid groups (broad SMARTS) is 1. The van der Waals surface area contributed by atoms with Gasteiger partial charge in [0.05, 0.1) is 29.4 Å². The van der Waals surface area contributed by atoms with Gasteiger partial charge in [0.2, 0.25) is 5.91 Å². The number of carbonyl (C=O) groups is 2. The van der Waals surface area contributed by atoms with E-state index in [1.807, 2.05) is 38.1 Å². The highest BCUT2D eigenvalue weighted by molar-refractivity contribution is 5.80. The van der Waals surface area contributed by atoms with Gasteiger partial charge in [0, 0.05) is 13.1 Å². The molecule has 1 aliphatic heterocycles. The number of carboxylic acids is 1. The number of carbonyl (C=O) groups excluding carboxylic acids is 1. The van der Waals surface area contributed by atoms with Crippen molar-refractivity contribution in [2.75, 3.05) is 13.1 Å². The molecule has 1 aromatic heterocycles. The minimum atomic E-state index is -0.841. The van der Waals surface area contributed by atoms with Crippen LogP contribution in [0, 0.1) is 19.8 Å². The van der Waals surface area contributed by atoms with E-state index in [1.54, 1.807) is 9.58 Å². The normalized spacial score (nSPS) is 17.2. The molecule has 3 rings (SSSR count). The predicted octanol–water partition coefficient (Wildman–Crippen LogP) is 1.36. The Labute approximate surface area is 139 Å². The zero-order valence-electron chi connectivity index (χ0n) is 13.8. The van der Waals surface area contributed by atoms with Crippen molar-refractivity contribution in [3.8, 4) is 5.69 Å². The van der Waals surface area contributed by atoms with Crippen molar-refractivity contribution in [3.05, 3.63) is 41.2 Å². The molecule has 0 spiro atoms. The van der Waals surface area contributed by atoms with Gasteiger partial charge in [-0.2, -0.15) is 0 Å². The summed E-state index contributed by atoms with van der Waals surface area (Å²) in [4.78, 5) is 25.0. The van der Waals surface area contributed by atoms with Crippen molar-refractivity contribution in [1.29, 1.82) is 0 Å². The maximum Gasteiger partial charge on any atom is 0.308 e. The Morgan fingerprint density at radius 2 is 1.96 bits per heavy atom. The van der Waals surface area contributed by atoms with Crippen molar-refractivity contribution in [2.45, 2.75) is 26.7 Å². The third kappa shape index (κ3) is 3.15. The fourth-order valence-corrected chi connectivity index (χ4v) is 2.90. The average Bonchev–Trinajstić information content (AvgIpc) is 3.17. The van der Waals surface area contributed by atoms with Gasteiger partial charge in [-0.1, -0.05) is 22.9 Å². The summed E-state index contributed by atoms with van der Waals surface area (Å²) in [5.74, 6) is -1.40. The largest absolute Gasteiger partial charge is 0.481 e. The second kappa shape index (κ2) is 6.43. The number of rotatable bonds is 4. The molecule has 0 saturated carbocycles. The van der Waals surface area contributed by atoms with Crippen LogP contribution in [0.15, 0.2) is 24.3 Å². The maximum atomic E-state index is 12.4. The Bertz CT molecular complexity index is 767. The van der Waals surface area contributed by atoms with Crippen molar-refractivity contribution >= 4 is 11.9 Å². The van der Waals surface area contributed by atoms with Crippen LogP contribution >= 0.6 is 0 Å². The third-order valence-corrected chi connectivity index (χ3v) is 4.48. The summed E-state index contributed by atoms with van der Waals surface area (Å²) in [5.41, 5.74) is 3.51. The summed E-state index contributed by atoms with van der Waals surface area (Å²) in [6, 6.07) is 7.91. The molecule has 1 amide bonds. The average molecular weight is 328 g/mol. The molecule has 0 radical (unpaired) electrons. The summed E-state index contributed by atoms with van der Waals surface area (Å²) in [7, 11) is 0. The first-order valence-electron chi connectivity index (χ1n) is 7.94. The Morgan fingerprint density at radius 3 is 2.58 bits per heavy atom. The number of aryl methyl sites for hydroxylation is 1. The fraction of sp³-hybridized carbons (Fsp3) is 0.412. The lowest BCUT2D eigenvalue weighted by Gasteiger charge is -2.15. The molecule has 7 nitrogen and oxygen atoms in total. The molecular weight excluding hydrogens is 308 g/mol. The van der Waals surface area contributed by atoms with E-state index < -0.39 is 11.9 Å². The third-order valence-electron chi connectivity index (χ3n) is 4.48. The summed E-state index contributed by atoms with van der Waals surface area (Å²) in [6.45, 7) is 4.66. The monoisotopic (exact) mass is 328 g/mol. The molecule has 0 bridgehead atoms. The molecule has 1 aromatic carbocycles. The number of aliphatic carboxylic acids is 1. The van der Waals surface area contributed by atoms with Crippen LogP contribution in [-0.2, 0) is 16.0 Å². The highest BCUT2D eigenvalue weighted by Crippen LogP contribution is 2.19. The quantitative estimate of drug-likeness (QED) is 0.915. The van der Waals surface area contributed by atoms with Gasteiger partial charge in [-0.15, -0.1) is 5.10 Å². The predicted molar refractivity (Wildman–Crippen MR) is 86.9 cm³/mol. The van der Waals surface area contributed by atoms with Crippen LogP contribution in [0.3, 0.4) is 0 Å². The van der Waals surface area contributed by atoms with Crippen LogP contribution < -0.4 is 0 Å². The van der Waals surface area contributed by atoms with E-state index in [2.05, 4.69) is 10.3 Å². The summed E-state index contributed by atoms with van der Waals surface area (Å²) >= 11 is 0. The highest BCUT2D eigenvalue weighted by Gasteiger charge is 2.31. The molecule has 2 heterocycles. The van der Waals surface area contributed by atoms with Gasteiger partial charge < -0.3 is 10.0 Å². The molecule has 1 fully saturated rings. The Balaban J connectivity index is 1.71. The minimum Gasteiger partial charge on any atom is -0.481 e. The van der Waals surface area contributed by atoms with Crippen LogP contribution in [0.4, 0.5) is 0 Å². The van der Waals surface area contributed by atoms with Gasteiger partial charge in [-0.05, 0) is 32.4 Å². The SMILES string of the molecule is Cc1ccc(-n2nnc(CC(=O)N3CC[C@H](C(=O)O)C3)c2C)cc1. The lowest BCUT2D eigenvalue weighted by Crippen LogP contribution is -2.31. The smallest absolute Gasteiger partial charge is 0.308 e. The molecule has 7 heteroatoms. The first-order valence-corrected chi connectivity index (χ1v) is 7.94. The Morgan fingerprint density at radius 1 is 1.25 bits per heavy atom. The molecule has 0 unspecified atom stereocenters. The van der Waals surface area contributed by atoms with Crippen LogP contribution in [0.25, 0.3) is 5.69 Å². The lowest BCUT2D eigenvalue weighted by atomic mass is 10.1. The van der Waals surface area contributed by atoms with Gasteiger partial charge in [0.15, 0.2) is 0 Å². The highest BCUT2D eigenvalue weighted by atomic mass is 16.4. The fourth-order valence-electron chi connectivity index (χ4n) is 2.90. The van der Waals surface area contributed by atoms with E-state index >= 15 is 0 Å². The van der Waals surface area contributed by atoms with Crippen molar-refractivity contribution < 1.29 is 14.7 Å². The van der Waals surface area contributed by atoms with E-state index in [9.17, 15) is 9.59 Å². The van der Waals surface area contributed by atoms with Crippen molar-refractivity contribution in [3.63, 3.8) is 0 Å². The molecule has 2 aromatic rings. The first-order chi connectivity index (χ1) is 11.5. The number of nitrogens with zero attached hydrogens (tertiary/aromatic N) is 4. The molecule has 1 N–H and O–H groups in total. The number of amides is 1. The summed E-state index contributed by atoms with van der Waals surface area (Å²) in [6.07, 6.45) is 0.653. The molecule has 24 heavy (non-hydrogen) atoms. The second-order valence-electron chi connectivity index (χ2n) is 6.21. The topological polar surface area (TPSA) is 88.3 Å². The van der Waals surface area contributed by atoms with Crippen LogP contribution in [0.2, 0.25) is 0 Å². The Hall–Kier alpha value is -2.70. The van der Waals surface area contributed by atoms with E-state index in [4.69, 9.17) is 5.11 Å². The number of aromatic nitrogens is 3. The van der Waals surface area contributed by atoms with Gasteiger partial charge in [-0.25, -0.2) is 4.68 Å². The Kier molecular flexibility index (Phi) is 4.33. The van der Waals surface area contributed by atoms with Crippen LogP contribution in [0.5, 0.6) is 0 Å². The summed E-state index contributed by atoms with van der Waals surface area (Å²) in [5, 5.41) is 17.3. The minimum absolute atomic E-state index is 0.0993. The molecule has 0 aliphatic carbocycles. The zero-order valence-corrected chi connectivity index (χ0v) is 13.8. The zero-order chi connectivity index (χ0) is 17.3. The number of hydrogen-bond donors (Lipinski definition) is 1. The molecule has 1 atom stereocenters.